The minimum Gasteiger partial charge on any atom is -0.358 e. The van der Waals surface area contributed by atoms with Crippen LogP contribution in [0.3, 0.4) is 0 Å². The molecule has 0 N–H and O–H groups in total. The lowest BCUT2D eigenvalue weighted by Gasteiger charge is -2.21. The first-order valence-electron chi connectivity index (χ1n) is 3.84. The highest BCUT2D eigenvalue weighted by atomic mass is 32.2. The Morgan fingerprint density at radius 1 is 1.45 bits per heavy atom. The second kappa shape index (κ2) is 2.78. The van der Waals surface area contributed by atoms with Gasteiger partial charge in [0.15, 0.2) is 0 Å². The fraction of sp³-hybridized carbons (Fsp3) is 0.333. The minimum atomic E-state index is 1.20. The Morgan fingerprint density at radius 3 is 3.18 bits per heavy atom. The second-order valence-corrected chi connectivity index (χ2v) is 3.71. The predicted molar refractivity (Wildman–Crippen MR) is 49.5 cm³/mol. The van der Waals surface area contributed by atoms with Crippen LogP contribution in [0.2, 0.25) is 0 Å². The molecule has 0 radical (unpaired) electrons. The Kier molecular flexibility index (Phi) is 1.78. The Morgan fingerprint density at radius 2 is 2.27 bits per heavy atom. The Hall–Kier alpha value is -0.630. The highest BCUT2D eigenvalue weighted by Crippen LogP contribution is 2.32. The lowest BCUT2D eigenvalue weighted by atomic mass is 10.1. The van der Waals surface area contributed by atoms with E-state index in [2.05, 4.69) is 35.9 Å². The third-order valence-electron chi connectivity index (χ3n) is 1.83. The molecular formula is C9H11NS. The Bertz CT molecular complexity index is 261. The van der Waals surface area contributed by atoms with Crippen LogP contribution in [-0.4, -0.2) is 17.8 Å². The van der Waals surface area contributed by atoms with Crippen molar-refractivity contribution in [3.63, 3.8) is 0 Å². The molecule has 0 spiro atoms. The summed E-state index contributed by atoms with van der Waals surface area (Å²) in [5, 5.41) is 0. The summed E-state index contributed by atoms with van der Waals surface area (Å²) in [6, 6.07) is 0. The van der Waals surface area contributed by atoms with Crippen molar-refractivity contribution in [3.05, 3.63) is 28.5 Å². The molecule has 0 atom stereocenters. The third kappa shape index (κ3) is 1.36. The van der Waals surface area contributed by atoms with Gasteiger partial charge in [-0.2, -0.15) is 0 Å². The Balaban J connectivity index is 2.34. The van der Waals surface area contributed by atoms with Crippen molar-refractivity contribution < 1.29 is 4.58 Å². The van der Waals surface area contributed by atoms with Crippen LogP contribution >= 0.6 is 11.8 Å². The number of hydrogen-bond donors (Lipinski definition) is 0. The molecule has 0 saturated heterocycles. The van der Waals surface area contributed by atoms with Gasteiger partial charge >= 0.3 is 0 Å². The number of nitrogens with zero attached hydrogens (tertiary/aromatic N) is 1. The predicted octanol–water partition coefficient (Wildman–Crippen LogP) is 2.17. The van der Waals surface area contributed by atoms with E-state index in [9.17, 15) is 0 Å². The first kappa shape index (κ1) is 7.04. The summed E-state index contributed by atoms with van der Waals surface area (Å²) < 4.78 is 2.11. The molecule has 0 amide bonds. The smallest absolute Gasteiger partial charge is 0.105 e. The van der Waals surface area contributed by atoms with Gasteiger partial charge in [-0.05, 0) is 23.3 Å². The molecule has 0 aromatic heterocycles. The molecule has 2 aliphatic rings. The molecule has 11 heavy (non-hydrogen) atoms. The number of hydrogen-bond acceptors (Lipinski definition) is 1. The average Bonchev–Trinajstić information content (AvgIpc) is 2.04. The van der Waals surface area contributed by atoms with Crippen LogP contribution in [0.1, 0.15) is 12.8 Å². The van der Waals surface area contributed by atoms with Crippen molar-refractivity contribution in [2.75, 3.05) is 7.05 Å². The summed E-state index contributed by atoms with van der Waals surface area (Å²) in [7, 11) is 2.07. The highest BCUT2D eigenvalue weighted by Gasteiger charge is 2.09. The molecular weight excluding hydrogens is 154 g/mol. The van der Waals surface area contributed by atoms with E-state index in [-0.39, 0.29) is 0 Å². The largest absolute Gasteiger partial charge is 0.358 e. The van der Waals surface area contributed by atoms with Gasteiger partial charge in [-0.25, -0.2) is 0 Å². The summed E-state index contributed by atoms with van der Waals surface area (Å²) in [6.45, 7) is 0. The summed E-state index contributed by atoms with van der Waals surface area (Å²) in [4.78, 5) is 1.43. The molecule has 0 fully saturated rings. The van der Waals surface area contributed by atoms with Crippen LogP contribution in [0.15, 0.2) is 22.6 Å². The number of thioether (sulfide) groups is 1. The molecule has 0 saturated carbocycles. The van der Waals surface area contributed by atoms with Crippen LogP contribution in [0, 0.1) is 5.88 Å². The monoisotopic (exact) mass is 165 g/mol. The van der Waals surface area contributed by atoms with Gasteiger partial charge in [-0.15, -0.1) is 11.8 Å². The summed E-state index contributed by atoms with van der Waals surface area (Å²) in [6.07, 6.45) is 9.22. The molecule has 0 aromatic rings. The van der Waals surface area contributed by atoms with Crippen molar-refractivity contribution >= 4 is 18.0 Å². The maximum atomic E-state index is 2.32. The van der Waals surface area contributed by atoms with Crippen LogP contribution in [-0.2, 0) is 0 Å². The van der Waals surface area contributed by atoms with Gasteiger partial charge in [0.1, 0.15) is 7.05 Å². The standard InChI is InChI=1S/C9H11NS/c1-10-6-8-4-2-3-5-9(8)11-7-10/h4-7H,2-3H2,1H3. The van der Waals surface area contributed by atoms with Crippen molar-refractivity contribution in [1.29, 1.82) is 0 Å². The van der Waals surface area contributed by atoms with E-state index in [4.69, 9.17) is 0 Å². The molecule has 0 aromatic carbocycles. The van der Waals surface area contributed by atoms with E-state index in [0.29, 0.717) is 0 Å². The zero-order valence-electron chi connectivity index (χ0n) is 6.58. The van der Waals surface area contributed by atoms with E-state index in [0.717, 1.165) is 0 Å². The van der Waals surface area contributed by atoms with Gasteiger partial charge in [-0.3, -0.25) is 0 Å². The lowest BCUT2D eigenvalue weighted by molar-refractivity contribution is -0.433. The fourth-order valence-corrected chi connectivity index (χ4v) is 2.12. The zero-order valence-corrected chi connectivity index (χ0v) is 7.40. The van der Waals surface area contributed by atoms with Gasteiger partial charge in [0.05, 0.1) is 5.88 Å². The van der Waals surface area contributed by atoms with Crippen LogP contribution in [0.25, 0.3) is 0 Å². The Labute approximate surface area is 71.5 Å². The van der Waals surface area contributed by atoms with E-state index in [1.807, 2.05) is 11.8 Å². The molecule has 1 aliphatic heterocycles. The van der Waals surface area contributed by atoms with Crippen molar-refractivity contribution in [2.24, 2.45) is 0 Å². The molecule has 1 heterocycles. The third-order valence-corrected chi connectivity index (χ3v) is 2.93. The molecule has 2 heteroatoms. The second-order valence-electron chi connectivity index (χ2n) is 2.82. The molecule has 0 unspecified atom stereocenters. The summed E-state index contributed by atoms with van der Waals surface area (Å²) >= 11 is 1.82. The average molecular weight is 165 g/mol. The minimum absolute atomic E-state index is 1.20. The van der Waals surface area contributed by atoms with Gasteiger partial charge < -0.3 is 4.58 Å². The van der Waals surface area contributed by atoms with Gasteiger partial charge in [0.25, 0.3) is 0 Å². The quantitative estimate of drug-likeness (QED) is 0.392. The summed E-state index contributed by atoms with van der Waals surface area (Å²) in [5.74, 6) is 2.13. The molecule has 58 valence electrons. The van der Waals surface area contributed by atoms with Gasteiger partial charge in [0, 0.05) is 6.21 Å². The van der Waals surface area contributed by atoms with Crippen LogP contribution in [0.4, 0.5) is 0 Å². The maximum absolute atomic E-state index is 2.32. The van der Waals surface area contributed by atoms with Gasteiger partial charge in [-0.1, -0.05) is 12.2 Å². The molecule has 2 rings (SSSR count). The van der Waals surface area contributed by atoms with E-state index < -0.39 is 0 Å². The highest BCUT2D eigenvalue weighted by molar-refractivity contribution is 8.05. The fourth-order valence-electron chi connectivity index (χ4n) is 1.29. The maximum Gasteiger partial charge on any atom is 0.105 e. The summed E-state index contributed by atoms with van der Waals surface area (Å²) in [5.41, 5.74) is 1.39. The van der Waals surface area contributed by atoms with Gasteiger partial charge in [0.2, 0.25) is 0 Å². The van der Waals surface area contributed by atoms with Crippen LogP contribution < -0.4 is 0 Å². The molecule has 1 nitrogen and oxygen atoms in total. The topological polar surface area (TPSA) is 3.01 Å². The van der Waals surface area contributed by atoms with Crippen LogP contribution in [0.5, 0.6) is 0 Å². The van der Waals surface area contributed by atoms with Crippen molar-refractivity contribution in [3.8, 4) is 0 Å². The lowest BCUT2D eigenvalue weighted by Crippen LogP contribution is -2.10. The number of fused-ring (bicyclic) bond motifs is 1. The number of rotatable bonds is 0. The van der Waals surface area contributed by atoms with Crippen molar-refractivity contribution in [1.82, 2.24) is 0 Å². The SMILES string of the molecule is C[N+]1=CC2=CCCC=C2S[CH-]1. The number of allylic oxidation sites excluding steroid dienone is 3. The first-order chi connectivity index (χ1) is 5.36. The molecule has 0 bridgehead atoms. The normalized spacial score (nSPS) is 22.5. The van der Waals surface area contributed by atoms with E-state index in [1.54, 1.807) is 0 Å². The van der Waals surface area contributed by atoms with E-state index in [1.165, 1.54) is 23.3 Å². The van der Waals surface area contributed by atoms with Crippen molar-refractivity contribution in [2.45, 2.75) is 12.8 Å². The van der Waals surface area contributed by atoms with E-state index >= 15 is 0 Å². The first-order valence-corrected chi connectivity index (χ1v) is 4.72. The zero-order chi connectivity index (χ0) is 7.68. The molecule has 1 aliphatic carbocycles.